The monoisotopic (exact) mass is 453 g/mol. The summed E-state index contributed by atoms with van der Waals surface area (Å²) in [5, 5.41) is 5.57. The molecule has 0 amide bonds. The largest absolute Gasteiger partial charge is 0.255 e. The summed E-state index contributed by atoms with van der Waals surface area (Å²) in [5.74, 6) is 0. The fourth-order valence-corrected chi connectivity index (χ4v) is 11.4. The Morgan fingerprint density at radius 1 is 0.706 bits per heavy atom. The first-order valence-corrected chi connectivity index (χ1v) is 13.9. The Hall–Kier alpha value is -3.82. The third-order valence-electron chi connectivity index (χ3n) is 7.66. The number of aryl methyl sites for hydroxylation is 2. The molecule has 2 aliphatic rings. The van der Waals surface area contributed by atoms with Gasteiger partial charge in [0.25, 0.3) is 0 Å². The van der Waals surface area contributed by atoms with E-state index in [4.69, 9.17) is 4.98 Å². The summed E-state index contributed by atoms with van der Waals surface area (Å²) < 4.78 is 2.44. The Morgan fingerprint density at radius 2 is 1.35 bits per heavy atom. The summed E-state index contributed by atoms with van der Waals surface area (Å²) >= 11 is 0. The van der Waals surface area contributed by atoms with Crippen LogP contribution >= 0.6 is 0 Å². The normalized spacial score (nSPS) is 14.3. The molecule has 0 radical (unpaired) electrons. The molecule has 0 atom stereocenters. The van der Waals surface area contributed by atoms with E-state index in [1.54, 1.807) is 0 Å². The standard InChI is InChI=1S/C31H25N2Si/c1-21-11-9-12-22(2)28(21)26-19-23-20-33-18-10-17-27-30(33)29(23)31(32-26)34(27,24-13-5-3-6-14-24)25-15-7-4-8-16-25/h3-19H,20H2,1-2H3/q+1. The van der Waals surface area contributed by atoms with Crippen molar-refractivity contribution in [2.45, 2.75) is 20.4 Å². The molecule has 162 valence electrons. The third kappa shape index (κ3) is 2.45. The Kier molecular flexibility index (Phi) is 4.09. The van der Waals surface area contributed by atoms with E-state index in [0.717, 1.165) is 12.2 Å². The van der Waals surface area contributed by atoms with Crippen molar-refractivity contribution in [3.8, 4) is 22.5 Å². The molecule has 3 heteroatoms. The minimum atomic E-state index is -2.55. The van der Waals surface area contributed by atoms with Crippen molar-refractivity contribution in [1.82, 2.24) is 4.98 Å². The van der Waals surface area contributed by atoms with Gasteiger partial charge in [-0.3, -0.25) is 4.98 Å². The summed E-state index contributed by atoms with van der Waals surface area (Å²) in [5.41, 5.74) is 9.11. The average Bonchev–Trinajstić information content (AvgIpc) is 3.39. The molecule has 2 aromatic heterocycles. The lowest BCUT2D eigenvalue weighted by Gasteiger charge is -2.30. The van der Waals surface area contributed by atoms with Crippen molar-refractivity contribution in [3.05, 3.63) is 120 Å². The maximum Gasteiger partial charge on any atom is 0.215 e. The molecule has 2 aliphatic heterocycles. The summed E-state index contributed by atoms with van der Waals surface area (Å²) in [7, 11) is -2.55. The van der Waals surface area contributed by atoms with Crippen LogP contribution in [0.2, 0.25) is 0 Å². The van der Waals surface area contributed by atoms with Gasteiger partial charge in [0, 0.05) is 22.4 Å². The first-order valence-electron chi connectivity index (χ1n) is 11.9. The number of rotatable bonds is 3. The molecule has 0 bridgehead atoms. The van der Waals surface area contributed by atoms with Crippen LogP contribution in [0.5, 0.6) is 0 Å². The van der Waals surface area contributed by atoms with Crippen molar-refractivity contribution in [2.24, 2.45) is 0 Å². The summed E-state index contributed by atoms with van der Waals surface area (Å²) in [6, 6.07) is 35.8. The molecule has 2 nitrogen and oxygen atoms in total. The van der Waals surface area contributed by atoms with Gasteiger partial charge in [-0.05, 0) is 47.5 Å². The molecule has 0 aliphatic carbocycles. The van der Waals surface area contributed by atoms with Gasteiger partial charge in [-0.25, -0.2) is 0 Å². The second-order valence-electron chi connectivity index (χ2n) is 9.54. The van der Waals surface area contributed by atoms with Crippen LogP contribution in [0, 0.1) is 13.8 Å². The second kappa shape index (κ2) is 7.09. The number of pyridine rings is 2. The van der Waals surface area contributed by atoms with Crippen LogP contribution in [-0.4, -0.2) is 13.1 Å². The predicted octanol–water partition coefficient (Wildman–Crippen LogP) is 3.37. The first-order chi connectivity index (χ1) is 16.7. The maximum atomic E-state index is 5.61. The highest BCUT2D eigenvalue weighted by Gasteiger charge is 2.56. The Labute approximate surface area is 201 Å². The van der Waals surface area contributed by atoms with E-state index in [0.29, 0.717) is 0 Å². The molecular weight excluding hydrogens is 428 g/mol. The summed E-state index contributed by atoms with van der Waals surface area (Å²) in [6.07, 6.45) is 2.24. The van der Waals surface area contributed by atoms with Crippen LogP contribution in [0.1, 0.15) is 16.7 Å². The van der Waals surface area contributed by atoms with Crippen molar-refractivity contribution in [1.29, 1.82) is 0 Å². The summed E-state index contributed by atoms with van der Waals surface area (Å²) in [4.78, 5) is 5.61. The van der Waals surface area contributed by atoms with E-state index in [-0.39, 0.29) is 0 Å². The predicted molar refractivity (Wildman–Crippen MR) is 141 cm³/mol. The highest BCUT2D eigenvalue weighted by molar-refractivity contribution is 7.21. The molecule has 0 fully saturated rings. The van der Waals surface area contributed by atoms with Crippen molar-refractivity contribution in [2.75, 3.05) is 0 Å². The van der Waals surface area contributed by atoms with Crippen LogP contribution < -0.4 is 25.4 Å². The van der Waals surface area contributed by atoms with Crippen LogP contribution in [0.25, 0.3) is 22.5 Å². The molecule has 0 unspecified atom stereocenters. The molecule has 0 N–H and O–H groups in total. The fourth-order valence-electron chi connectivity index (χ4n) is 6.31. The van der Waals surface area contributed by atoms with Gasteiger partial charge in [0.2, 0.25) is 13.8 Å². The van der Waals surface area contributed by atoms with Crippen LogP contribution in [0.4, 0.5) is 0 Å². The van der Waals surface area contributed by atoms with Gasteiger partial charge in [-0.2, -0.15) is 4.57 Å². The smallest absolute Gasteiger partial charge is 0.215 e. The van der Waals surface area contributed by atoms with Gasteiger partial charge in [-0.15, -0.1) is 0 Å². The van der Waals surface area contributed by atoms with E-state index in [2.05, 4.69) is 122 Å². The lowest BCUT2D eigenvalue weighted by molar-refractivity contribution is -0.671. The van der Waals surface area contributed by atoms with E-state index < -0.39 is 8.07 Å². The molecule has 3 aromatic carbocycles. The Bertz CT molecular complexity index is 1530. The molecule has 0 spiro atoms. The van der Waals surface area contributed by atoms with Gasteiger partial charge >= 0.3 is 0 Å². The van der Waals surface area contributed by atoms with Gasteiger partial charge in [0.15, 0.2) is 12.7 Å². The fraction of sp³-hybridized carbons (Fsp3) is 0.0968. The van der Waals surface area contributed by atoms with Crippen LogP contribution in [0.15, 0.2) is 103 Å². The maximum absolute atomic E-state index is 5.61. The third-order valence-corrected chi connectivity index (χ3v) is 12.3. The van der Waals surface area contributed by atoms with E-state index in [1.807, 2.05) is 0 Å². The molecule has 34 heavy (non-hydrogen) atoms. The molecule has 0 saturated heterocycles. The number of benzene rings is 3. The number of nitrogens with zero attached hydrogens (tertiary/aromatic N) is 2. The molecule has 0 saturated carbocycles. The van der Waals surface area contributed by atoms with Crippen molar-refractivity contribution in [3.63, 3.8) is 0 Å². The SMILES string of the molecule is Cc1cccc(C)c1-c1cc2c3c(n1)[Si](c1ccccc1)(c1ccccc1)c1ccc[n+](c1-3)C2. The molecule has 5 aromatic rings. The second-order valence-corrected chi connectivity index (χ2v) is 13.2. The quantitative estimate of drug-likeness (QED) is 0.296. The lowest BCUT2D eigenvalue weighted by atomic mass is 9.98. The highest BCUT2D eigenvalue weighted by atomic mass is 28.3. The first kappa shape index (κ1) is 19.6. The topological polar surface area (TPSA) is 16.8 Å². The van der Waals surface area contributed by atoms with E-state index in [9.17, 15) is 0 Å². The Morgan fingerprint density at radius 3 is 2.00 bits per heavy atom. The summed E-state index contributed by atoms with van der Waals surface area (Å²) in [6.45, 7) is 5.33. The van der Waals surface area contributed by atoms with Gasteiger partial charge in [0.1, 0.15) is 0 Å². The number of hydrogen-bond donors (Lipinski definition) is 0. The Balaban J connectivity index is 1.65. The van der Waals surface area contributed by atoms with Crippen LogP contribution in [-0.2, 0) is 6.54 Å². The van der Waals surface area contributed by atoms with Crippen molar-refractivity contribution < 1.29 is 4.57 Å². The minimum Gasteiger partial charge on any atom is -0.255 e. The van der Waals surface area contributed by atoms with E-state index in [1.165, 1.54) is 54.4 Å². The van der Waals surface area contributed by atoms with Crippen LogP contribution in [0.3, 0.4) is 0 Å². The highest BCUT2D eigenvalue weighted by Crippen LogP contribution is 2.35. The van der Waals surface area contributed by atoms with E-state index >= 15 is 0 Å². The molecular formula is C31H25N2Si+. The van der Waals surface area contributed by atoms with Gasteiger partial charge in [-0.1, -0.05) is 78.9 Å². The molecule has 4 heterocycles. The lowest BCUT2D eigenvalue weighted by Crippen LogP contribution is -2.74. The van der Waals surface area contributed by atoms with Crippen molar-refractivity contribution >= 4 is 29.0 Å². The molecule has 7 rings (SSSR count). The zero-order valence-corrected chi connectivity index (χ0v) is 20.4. The number of hydrogen-bond acceptors (Lipinski definition) is 1. The van der Waals surface area contributed by atoms with Gasteiger partial charge in [0.05, 0.1) is 16.6 Å². The zero-order chi connectivity index (χ0) is 22.9. The van der Waals surface area contributed by atoms with Gasteiger partial charge < -0.3 is 0 Å². The number of aromatic nitrogens is 2. The minimum absolute atomic E-state index is 0.917. The average molecular weight is 454 g/mol. The zero-order valence-electron chi connectivity index (χ0n) is 19.4.